The van der Waals surface area contributed by atoms with Gasteiger partial charge in [-0.3, -0.25) is 0 Å². The standard InChI is InChI=1S/C19H17Cl2FO3S/c20-13-4-6-14(7-5-13)26(23,24)19-10-2-1-3-12(19)11-25-18-15(21)8-9-16(22)17(18)19/h4-9,12H,1-3,10-11H2/t12-,19+/m0/s1. The van der Waals surface area contributed by atoms with Gasteiger partial charge in [0.1, 0.15) is 16.3 Å². The highest BCUT2D eigenvalue weighted by Crippen LogP contribution is 2.57. The first-order valence-corrected chi connectivity index (χ1v) is 10.7. The zero-order chi connectivity index (χ0) is 18.5. The second-order valence-corrected chi connectivity index (χ2v) is 9.88. The average Bonchev–Trinajstić information content (AvgIpc) is 2.64. The van der Waals surface area contributed by atoms with Crippen molar-refractivity contribution in [3.63, 3.8) is 0 Å². The molecule has 1 aliphatic heterocycles. The largest absolute Gasteiger partial charge is 0.491 e. The molecule has 2 aliphatic rings. The van der Waals surface area contributed by atoms with Crippen LogP contribution in [0.25, 0.3) is 0 Å². The Morgan fingerprint density at radius 3 is 2.54 bits per heavy atom. The number of hydrogen-bond donors (Lipinski definition) is 0. The van der Waals surface area contributed by atoms with Crippen molar-refractivity contribution in [1.82, 2.24) is 0 Å². The molecule has 2 aromatic carbocycles. The van der Waals surface area contributed by atoms with Crippen molar-refractivity contribution >= 4 is 33.0 Å². The molecule has 0 unspecified atom stereocenters. The third-order valence-corrected chi connectivity index (χ3v) is 8.67. The monoisotopic (exact) mass is 414 g/mol. The molecule has 1 aliphatic carbocycles. The highest BCUT2D eigenvalue weighted by Gasteiger charge is 2.58. The van der Waals surface area contributed by atoms with Crippen molar-refractivity contribution in [1.29, 1.82) is 0 Å². The van der Waals surface area contributed by atoms with Gasteiger partial charge in [-0.05, 0) is 49.2 Å². The normalized spacial score (nSPS) is 25.1. The van der Waals surface area contributed by atoms with Crippen LogP contribution in [-0.2, 0) is 14.6 Å². The van der Waals surface area contributed by atoms with Crippen molar-refractivity contribution in [2.24, 2.45) is 5.92 Å². The van der Waals surface area contributed by atoms with Gasteiger partial charge in [0.2, 0.25) is 0 Å². The Bertz CT molecular complexity index is 959. The lowest BCUT2D eigenvalue weighted by Gasteiger charge is -2.47. The lowest BCUT2D eigenvalue weighted by Crippen LogP contribution is -2.50. The molecule has 2 atom stereocenters. The van der Waals surface area contributed by atoms with E-state index in [1.165, 1.54) is 36.4 Å². The van der Waals surface area contributed by atoms with Gasteiger partial charge in [-0.2, -0.15) is 0 Å². The molecule has 7 heteroatoms. The maximum atomic E-state index is 15.0. The number of hydrogen-bond acceptors (Lipinski definition) is 3. The quantitative estimate of drug-likeness (QED) is 0.661. The van der Waals surface area contributed by atoms with Crippen LogP contribution in [0, 0.1) is 11.7 Å². The summed E-state index contributed by atoms with van der Waals surface area (Å²) in [7, 11) is -3.89. The highest BCUT2D eigenvalue weighted by molar-refractivity contribution is 7.92. The molecular formula is C19H17Cl2FO3S. The van der Waals surface area contributed by atoms with E-state index in [0.29, 0.717) is 24.3 Å². The summed E-state index contributed by atoms with van der Waals surface area (Å²) in [6, 6.07) is 8.67. The fourth-order valence-corrected chi connectivity index (χ4v) is 7.08. The summed E-state index contributed by atoms with van der Waals surface area (Å²) in [5.74, 6) is -0.756. The third-order valence-electron chi connectivity index (χ3n) is 5.52. The van der Waals surface area contributed by atoms with Gasteiger partial charge in [-0.25, -0.2) is 12.8 Å². The van der Waals surface area contributed by atoms with E-state index >= 15 is 0 Å². The number of halogens is 3. The molecule has 0 amide bonds. The Morgan fingerprint density at radius 1 is 1.08 bits per heavy atom. The molecule has 2 aromatic rings. The average molecular weight is 415 g/mol. The SMILES string of the molecule is O=S(=O)(c1ccc(Cl)cc1)[C@]12CCCC[C@H]1COc1c(Cl)ccc(F)c12. The van der Waals surface area contributed by atoms with Crippen molar-refractivity contribution in [2.75, 3.05) is 6.61 Å². The minimum absolute atomic E-state index is 0.0795. The Labute approximate surface area is 162 Å². The van der Waals surface area contributed by atoms with Crippen LogP contribution in [0.5, 0.6) is 5.75 Å². The van der Waals surface area contributed by atoms with Gasteiger partial charge in [0.05, 0.1) is 22.1 Å². The van der Waals surface area contributed by atoms with Crippen molar-refractivity contribution in [2.45, 2.75) is 35.3 Å². The second kappa shape index (κ2) is 6.39. The van der Waals surface area contributed by atoms with Crippen LogP contribution in [0.4, 0.5) is 4.39 Å². The molecule has 0 saturated heterocycles. The lowest BCUT2D eigenvalue weighted by molar-refractivity contribution is 0.130. The third kappa shape index (κ3) is 2.48. The van der Waals surface area contributed by atoms with Crippen molar-refractivity contribution in [3.05, 3.63) is 57.8 Å². The number of fused-ring (bicyclic) bond motifs is 3. The van der Waals surface area contributed by atoms with Gasteiger partial charge in [-0.15, -0.1) is 0 Å². The van der Waals surface area contributed by atoms with Crippen molar-refractivity contribution in [3.8, 4) is 5.75 Å². The molecule has 0 radical (unpaired) electrons. The molecule has 0 aromatic heterocycles. The first kappa shape index (κ1) is 18.1. The molecule has 3 nitrogen and oxygen atoms in total. The topological polar surface area (TPSA) is 43.4 Å². The van der Waals surface area contributed by atoms with Gasteiger partial charge >= 0.3 is 0 Å². The predicted molar refractivity (Wildman–Crippen MR) is 99.2 cm³/mol. The van der Waals surface area contributed by atoms with Crippen LogP contribution in [0.1, 0.15) is 31.2 Å². The van der Waals surface area contributed by atoms with E-state index in [2.05, 4.69) is 0 Å². The number of benzene rings is 2. The van der Waals surface area contributed by atoms with Gasteiger partial charge in [-0.1, -0.05) is 36.0 Å². The maximum absolute atomic E-state index is 15.0. The summed E-state index contributed by atoms with van der Waals surface area (Å²) in [6.07, 6.45) is 2.60. The predicted octanol–water partition coefficient (Wildman–Crippen LogP) is 5.38. The van der Waals surface area contributed by atoms with Crippen LogP contribution < -0.4 is 4.74 Å². The van der Waals surface area contributed by atoms with E-state index < -0.39 is 20.4 Å². The molecule has 0 spiro atoms. The van der Waals surface area contributed by atoms with Crippen LogP contribution in [0.15, 0.2) is 41.3 Å². The number of ether oxygens (including phenoxy) is 1. The van der Waals surface area contributed by atoms with Gasteiger partial charge in [0.15, 0.2) is 9.84 Å². The number of rotatable bonds is 2. The summed E-state index contributed by atoms with van der Waals surface area (Å²) in [6.45, 7) is 0.211. The zero-order valence-electron chi connectivity index (χ0n) is 13.8. The molecule has 26 heavy (non-hydrogen) atoms. The molecular weight excluding hydrogens is 398 g/mol. The minimum atomic E-state index is -3.89. The second-order valence-electron chi connectivity index (χ2n) is 6.83. The van der Waals surface area contributed by atoms with Crippen LogP contribution in [-0.4, -0.2) is 15.0 Å². The number of sulfone groups is 1. The maximum Gasteiger partial charge on any atom is 0.188 e. The molecule has 1 saturated carbocycles. The Balaban J connectivity index is 2.02. The summed E-state index contributed by atoms with van der Waals surface area (Å²) < 4.78 is 46.8. The molecule has 1 heterocycles. The molecule has 1 fully saturated rings. The summed E-state index contributed by atoms with van der Waals surface area (Å²) in [4.78, 5) is 0.140. The fraction of sp³-hybridized carbons (Fsp3) is 0.368. The van der Waals surface area contributed by atoms with Gasteiger partial charge < -0.3 is 4.74 Å². The van der Waals surface area contributed by atoms with Crippen LogP contribution in [0.2, 0.25) is 10.0 Å². The fourth-order valence-electron chi connectivity index (χ4n) is 4.33. The van der Waals surface area contributed by atoms with E-state index in [9.17, 15) is 12.8 Å². The Hall–Kier alpha value is -1.30. The smallest absolute Gasteiger partial charge is 0.188 e. The Morgan fingerprint density at radius 2 is 1.81 bits per heavy atom. The molecule has 0 N–H and O–H groups in total. The molecule has 138 valence electrons. The van der Waals surface area contributed by atoms with E-state index in [-0.39, 0.29) is 33.8 Å². The first-order chi connectivity index (χ1) is 12.4. The van der Waals surface area contributed by atoms with Gasteiger partial charge in [0, 0.05) is 10.9 Å². The van der Waals surface area contributed by atoms with Gasteiger partial charge in [0.25, 0.3) is 0 Å². The van der Waals surface area contributed by atoms with Crippen LogP contribution in [0.3, 0.4) is 0 Å². The lowest BCUT2D eigenvalue weighted by atomic mass is 9.73. The zero-order valence-corrected chi connectivity index (χ0v) is 16.2. The van der Waals surface area contributed by atoms with E-state index in [1.54, 1.807) is 0 Å². The minimum Gasteiger partial charge on any atom is -0.491 e. The summed E-state index contributed by atoms with van der Waals surface area (Å²) in [5.41, 5.74) is 0.0795. The Kier molecular flexibility index (Phi) is 4.45. The van der Waals surface area contributed by atoms with E-state index in [1.807, 2.05) is 0 Å². The summed E-state index contributed by atoms with van der Waals surface area (Å²) in [5, 5.41) is 0.680. The highest BCUT2D eigenvalue weighted by atomic mass is 35.5. The molecule has 0 bridgehead atoms. The van der Waals surface area contributed by atoms with E-state index in [0.717, 1.165) is 6.42 Å². The summed E-state index contributed by atoms with van der Waals surface area (Å²) >= 11 is 12.1. The van der Waals surface area contributed by atoms with E-state index in [4.69, 9.17) is 27.9 Å². The van der Waals surface area contributed by atoms with Crippen LogP contribution >= 0.6 is 23.2 Å². The molecule has 4 rings (SSSR count). The first-order valence-electron chi connectivity index (χ1n) is 8.49. The van der Waals surface area contributed by atoms with Crippen molar-refractivity contribution < 1.29 is 17.5 Å².